The van der Waals surface area contributed by atoms with E-state index in [1.807, 2.05) is 0 Å². The Labute approximate surface area is 54.7 Å². The van der Waals surface area contributed by atoms with Crippen molar-refractivity contribution in [3.8, 4) is 0 Å². The standard InChI is InChI=1S/C5H14N2O2/c1-3(5(6)9)7-4(2)8/h3-5,7-9H,6H2,1-2H3/t3-,4?,5?/m0/s1. The van der Waals surface area contributed by atoms with Crippen LogP contribution in [0.15, 0.2) is 0 Å². The van der Waals surface area contributed by atoms with Gasteiger partial charge in [-0.1, -0.05) is 0 Å². The van der Waals surface area contributed by atoms with Crippen LogP contribution in [0.5, 0.6) is 0 Å². The van der Waals surface area contributed by atoms with E-state index < -0.39 is 12.5 Å². The smallest absolute Gasteiger partial charge is 0.117 e. The highest BCUT2D eigenvalue weighted by Crippen LogP contribution is 1.85. The summed E-state index contributed by atoms with van der Waals surface area (Å²) in [5.41, 5.74) is 5.07. The van der Waals surface area contributed by atoms with Crippen molar-refractivity contribution in [3.63, 3.8) is 0 Å². The third-order valence-corrected chi connectivity index (χ3v) is 1.02. The van der Waals surface area contributed by atoms with Crippen molar-refractivity contribution in [2.24, 2.45) is 5.73 Å². The van der Waals surface area contributed by atoms with Crippen molar-refractivity contribution in [1.29, 1.82) is 0 Å². The quantitative estimate of drug-likeness (QED) is 0.357. The molecule has 0 heterocycles. The summed E-state index contributed by atoms with van der Waals surface area (Å²) in [6.45, 7) is 3.26. The lowest BCUT2D eigenvalue weighted by molar-refractivity contribution is 0.0838. The highest BCUT2D eigenvalue weighted by atomic mass is 16.3. The second-order valence-electron chi connectivity index (χ2n) is 2.12. The predicted octanol–water partition coefficient (Wildman–Crippen LogP) is -1.42. The summed E-state index contributed by atoms with van der Waals surface area (Å²) < 4.78 is 0. The molecule has 2 unspecified atom stereocenters. The van der Waals surface area contributed by atoms with E-state index in [-0.39, 0.29) is 6.04 Å². The lowest BCUT2D eigenvalue weighted by Crippen LogP contribution is -2.46. The molecule has 0 bridgehead atoms. The van der Waals surface area contributed by atoms with Gasteiger partial charge in [0.05, 0.1) is 0 Å². The molecule has 0 aromatic rings. The van der Waals surface area contributed by atoms with Gasteiger partial charge in [-0.15, -0.1) is 0 Å². The normalized spacial score (nSPS) is 21.0. The third kappa shape index (κ3) is 4.35. The van der Waals surface area contributed by atoms with E-state index in [9.17, 15) is 0 Å². The van der Waals surface area contributed by atoms with Crippen LogP contribution in [0.25, 0.3) is 0 Å². The molecule has 4 heteroatoms. The minimum atomic E-state index is -0.917. The molecule has 0 radical (unpaired) electrons. The van der Waals surface area contributed by atoms with Gasteiger partial charge in [0, 0.05) is 6.04 Å². The van der Waals surface area contributed by atoms with Crippen LogP contribution < -0.4 is 11.1 Å². The van der Waals surface area contributed by atoms with Gasteiger partial charge in [0.25, 0.3) is 0 Å². The zero-order valence-corrected chi connectivity index (χ0v) is 5.70. The lowest BCUT2D eigenvalue weighted by atomic mass is 10.3. The van der Waals surface area contributed by atoms with E-state index in [2.05, 4.69) is 5.32 Å². The Morgan fingerprint density at radius 1 is 1.33 bits per heavy atom. The van der Waals surface area contributed by atoms with Crippen LogP contribution in [0.3, 0.4) is 0 Å². The third-order valence-electron chi connectivity index (χ3n) is 1.02. The fourth-order valence-corrected chi connectivity index (χ4v) is 0.479. The summed E-state index contributed by atoms with van der Waals surface area (Å²) in [6, 6.07) is -0.273. The van der Waals surface area contributed by atoms with Gasteiger partial charge >= 0.3 is 0 Å². The fraction of sp³-hybridized carbons (Fsp3) is 1.00. The molecule has 0 aliphatic heterocycles. The monoisotopic (exact) mass is 134 g/mol. The van der Waals surface area contributed by atoms with Crippen LogP contribution in [0.4, 0.5) is 0 Å². The van der Waals surface area contributed by atoms with Gasteiger partial charge in [0.1, 0.15) is 12.5 Å². The average molecular weight is 134 g/mol. The SMILES string of the molecule is CC(O)N[C@@H](C)C(N)O. The molecule has 0 aliphatic carbocycles. The van der Waals surface area contributed by atoms with Crippen molar-refractivity contribution in [3.05, 3.63) is 0 Å². The zero-order chi connectivity index (χ0) is 7.44. The minimum absolute atomic E-state index is 0.273. The maximum absolute atomic E-state index is 8.69. The first kappa shape index (κ1) is 8.84. The fourth-order valence-electron chi connectivity index (χ4n) is 0.479. The first-order valence-corrected chi connectivity index (χ1v) is 2.92. The molecule has 0 saturated heterocycles. The molecule has 9 heavy (non-hydrogen) atoms. The molecule has 0 aromatic carbocycles. The summed E-state index contributed by atoms with van der Waals surface area (Å²) in [5.74, 6) is 0. The molecule has 0 rings (SSSR count). The number of rotatable bonds is 3. The van der Waals surface area contributed by atoms with E-state index in [4.69, 9.17) is 15.9 Å². The summed E-state index contributed by atoms with van der Waals surface area (Å²) in [5, 5.41) is 20.0. The molecular formula is C5H14N2O2. The van der Waals surface area contributed by atoms with E-state index in [0.717, 1.165) is 0 Å². The number of hydrogen-bond acceptors (Lipinski definition) is 4. The summed E-state index contributed by atoms with van der Waals surface area (Å²) in [6.07, 6.45) is -1.54. The molecule has 0 aliphatic rings. The first-order chi connectivity index (χ1) is 4.04. The number of nitrogens with two attached hydrogens (primary N) is 1. The summed E-state index contributed by atoms with van der Waals surface area (Å²) in [4.78, 5) is 0. The van der Waals surface area contributed by atoms with Crippen LogP contribution >= 0.6 is 0 Å². The first-order valence-electron chi connectivity index (χ1n) is 2.92. The zero-order valence-electron chi connectivity index (χ0n) is 5.70. The topological polar surface area (TPSA) is 78.5 Å². The molecule has 0 saturated carbocycles. The van der Waals surface area contributed by atoms with Crippen molar-refractivity contribution in [1.82, 2.24) is 5.32 Å². The summed E-state index contributed by atoms with van der Waals surface area (Å²) >= 11 is 0. The van der Waals surface area contributed by atoms with E-state index in [0.29, 0.717) is 0 Å². The molecule has 3 atom stereocenters. The maximum atomic E-state index is 8.69. The maximum Gasteiger partial charge on any atom is 0.117 e. The predicted molar refractivity (Wildman–Crippen MR) is 34.5 cm³/mol. The molecule has 5 N–H and O–H groups in total. The Balaban J connectivity index is 3.38. The number of aliphatic hydroxyl groups is 2. The second-order valence-corrected chi connectivity index (χ2v) is 2.12. The van der Waals surface area contributed by atoms with Crippen molar-refractivity contribution in [2.45, 2.75) is 32.3 Å². The lowest BCUT2D eigenvalue weighted by Gasteiger charge is -2.17. The molecule has 0 spiro atoms. The van der Waals surface area contributed by atoms with Gasteiger partial charge in [-0.3, -0.25) is 5.32 Å². The largest absolute Gasteiger partial charge is 0.379 e. The molecule has 0 fully saturated rings. The molecule has 56 valence electrons. The van der Waals surface area contributed by atoms with Crippen molar-refractivity contribution in [2.75, 3.05) is 0 Å². The van der Waals surface area contributed by atoms with Gasteiger partial charge in [0.15, 0.2) is 0 Å². The van der Waals surface area contributed by atoms with Crippen LogP contribution in [0.2, 0.25) is 0 Å². The van der Waals surface area contributed by atoms with E-state index >= 15 is 0 Å². The van der Waals surface area contributed by atoms with Gasteiger partial charge in [0.2, 0.25) is 0 Å². The Kier molecular flexibility index (Phi) is 3.72. The number of aliphatic hydroxyl groups excluding tert-OH is 2. The van der Waals surface area contributed by atoms with E-state index in [1.165, 1.54) is 0 Å². The highest BCUT2D eigenvalue weighted by Gasteiger charge is 2.09. The van der Waals surface area contributed by atoms with Gasteiger partial charge < -0.3 is 15.9 Å². The summed E-state index contributed by atoms with van der Waals surface area (Å²) in [7, 11) is 0. The van der Waals surface area contributed by atoms with Crippen molar-refractivity contribution < 1.29 is 10.2 Å². The van der Waals surface area contributed by atoms with Crippen molar-refractivity contribution >= 4 is 0 Å². The molecular weight excluding hydrogens is 120 g/mol. The average Bonchev–Trinajstić information content (AvgIpc) is 1.63. The second kappa shape index (κ2) is 3.79. The molecule has 4 nitrogen and oxygen atoms in total. The number of nitrogens with one attached hydrogen (secondary N) is 1. The van der Waals surface area contributed by atoms with Crippen LogP contribution in [-0.4, -0.2) is 28.7 Å². The van der Waals surface area contributed by atoms with Crippen LogP contribution in [0.1, 0.15) is 13.8 Å². The van der Waals surface area contributed by atoms with E-state index in [1.54, 1.807) is 13.8 Å². The number of hydrogen-bond donors (Lipinski definition) is 4. The van der Waals surface area contributed by atoms with Crippen LogP contribution in [-0.2, 0) is 0 Å². The molecule has 0 amide bonds. The Hall–Kier alpha value is -0.160. The Bertz CT molecular complexity index is 75.4. The minimum Gasteiger partial charge on any atom is -0.379 e. The van der Waals surface area contributed by atoms with Gasteiger partial charge in [-0.25, -0.2) is 0 Å². The van der Waals surface area contributed by atoms with Crippen LogP contribution in [0, 0.1) is 0 Å². The molecule has 0 aromatic heterocycles. The van der Waals surface area contributed by atoms with Gasteiger partial charge in [-0.05, 0) is 13.8 Å². The Morgan fingerprint density at radius 3 is 1.89 bits per heavy atom. The van der Waals surface area contributed by atoms with Gasteiger partial charge in [-0.2, -0.15) is 0 Å². The Morgan fingerprint density at radius 2 is 1.78 bits per heavy atom. The highest BCUT2D eigenvalue weighted by molar-refractivity contribution is 4.64.